The molecule has 1 amide bonds. The van der Waals surface area contributed by atoms with E-state index in [1.165, 1.54) is 13.1 Å². The number of rotatable bonds is 5. The second-order valence-electron chi connectivity index (χ2n) is 6.06. The molecule has 0 radical (unpaired) electrons. The van der Waals surface area contributed by atoms with E-state index in [0.717, 1.165) is 11.1 Å². The molecular weight excluding hydrogens is 348 g/mol. The fraction of sp³-hybridized carbons (Fsp3) is 0.211. The van der Waals surface area contributed by atoms with Crippen LogP contribution < -0.4 is 5.32 Å². The number of fused-ring (bicyclic) bond motifs is 1. The molecule has 138 valence electrons. The van der Waals surface area contributed by atoms with Crippen molar-refractivity contribution >= 4 is 34.4 Å². The van der Waals surface area contributed by atoms with Crippen molar-refractivity contribution in [2.75, 3.05) is 11.9 Å². The Labute approximate surface area is 155 Å². The standard InChI is InChI=1S/C19H18N4O4/c1-11-16-8-14(9-20-18(16)23(3)22-11)19(26)27-10-17(25)13-4-6-15(7-5-13)21-12(2)24/h4-9H,10H2,1-3H3,(H,21,24). The molecule has 0 unspecified atom stereocenters. The molecule has 0 saturated carbocycles. The lowest BCUT2D eigenvalue weighted by Crippen LogP contribution is -2.14. The predicted molar refractivity (Wildman–Crippen MR) is 98.6 cm³/mol. The number of amides is 1. The molecule has 0 aliphatic heterocycles. The van der Waals surface area contributed by atoms with Crippen molar-refractivity contribution < 1.29 is 19.1 Å². The molecule has 0 saturated heterocycles. The van der Waals surface area contributed by atoms with Crippen LogP contribution >= 0.6 is 0 Å². The number of carbonyl (C=O) groups is 3. The number of ether oxygens (including phenoxy) is 1. The lowest BCUT2D eigenvalue weighted by molar-refractivity contribution is -0.114. The van der Waals surface area contributed by atoms with E-state index < -0.39 is 5.97 Å². The van der Waals surface area contributed by atoms with Gasteiger partial charge in [-0.05, 0) is 37.3 Å². The Hall–Kier alpha value is -3.55. The molecular formula is C19H18N4O4. The third-order valence-corrected chi connectivity index (χ3v) is 3.96. The number of benzene rings is 1. The number of Topliss-reactive ketones (excluding diaryl/α,β-unsaturated/α-hetero) is 1. The number of carbonyl (C=O) groups excluding carboxylic acids is 3. The van der Waals surface area contributed by atoms with Crippen molar-refractivity contribution in [2.45, 2.75) is 13.8 Å². The zero-order valence-corrected chi connectivity index (χ0v) is 15.1. The summed E-state index contributed by atoms with van der Waals surface area (Å²) < 4.78 is 6.74. The highest BCUT2D eigenvalue weighted by atomic mass is 16.5. The molecule has 8 nitrogen and oxygen atoms in total. The number of pyridine rings is 1. The van der Waals surface area contributed by atoms with Crippen molar-refractivity contribution in [3.63, 3.8) is 0 Å². The lowest BCUT2D eigenvalue weighted by Gasteiger charge is -2.06. The van der Waals surface area contributed by atoms with Crippen LogP contribution in [0, 0.1) is 6.92 Å². The van der Waals surface area contributed by atoms with E-state index in [-0.39, 0.29) is 23.9 Å². The summed E-state index contributed by atoms with van der Waals surface area (Å²) in [6, 6.07) is 8.00. The SMILES string of the molecule is CC(=O)Nc1ccc(C(=O)COC(=O)c2cnc3c(c2)c(C)nn3C)cc1. The third kappa shape index (κ3) is 4.00. The van der Waals surface area contributed by atoms with Crippen molar-refractivity contribution in [3.8, 4) is 0 Å². The van der Waals surface area contributed by atoms with Crippen molar-refractivity contribution in [3.05, 3.63) is 53.3 Å². The van der Waals surface area contributed by atoms with Crippen LogP contribution in [0.5, 0.6) is 0 Å². The van der Waals surface area contributed by atoms with Crippen molar-refractivity contribution in [2.24, 2.45) is 7.05 Å². The Morgan fingerprint density at radius 3 is 2.52 bits per heavy atom. The Morgan fingerprint density at radius 1 is 1.15 bits per heavy atom. The molecule has 0 aliphatic rings. The average Bonchev–Trinajstić information content (AvgIpc) is 2.93. The van der Waals surface area contributed by atoms with Gasteiger partial charge in [-0.2, -0.15) is 5.10 Å². The minimum atomic E-state index is -0.629. The van der Waals surface area contributed by atoms with Crippen molar-refractivity contribution in [1.82, 2.24) is 14.8 Å². The Kier molecular flexibility index (Phi) is 4.98. The summed E-state index contributed by atoms with van der Waals surface area (Å²) in [7, 11) is 1.77. The van der Waals surface area contributed by atoms with Gasteiger partial charge in [-0.3, -0.25) is 14.3 Å². The van der Waals surface area contributed by atoms with E-state index in [2.05, 4.69) is 15.4 Å². The summed E-state index contributed by atoms with van der Waals surface area (Å²) in [5.74, 6) is -1.17. The minimum absolute atomic E-state index is 0.197. The Morgan fingerprint density at radius 2 is 1.85 bits per heavy atom. The molecule has 3 rings (SSSR count). The van der Waals surface area contributed by atoms with E-state index in [1.54, 1.807) is 42.1 Å². The highest BCUT2D eigenvalue weighted by Crippen LogP contribution is 2.17. The van der Waals surface area contributed by atoms with Gasteiger partial charge >= 0.3 is 5.97 Å². The van der Waals surface area contributed by atoms with Gasteiger partial charge in [-0.15, -0.1) is 0 Å². The molecule has 0 aliphatic carbocycles. The van der Waals surface area contributed by atoms with E-state index in [4.69, 9.17) is 4.74 Å². The number of nitrogens with one attached hydrogen (secondary N) is 1. The fourth-order valence-electron chi connectivity index (χ4n) is 2.66. The van der Waals surface area contributed by atoms with Crippen molar-refractivity contribution in [1.29, 1.82) is 0 Å². The number of nitrogens with zero attached hydrogens (tertiary/aromatic N) is 3. The predicted octanol–water partition coefficient (Wildman–Crippen LogP) is 2.27. The zero-order valence-electron chi connectivity index (χ0n) is 15.1. The van der Waals surface area contributed by atoms with Gasteiger partial charge in [0.1, 0.15) is 0 Å². The normalized spacial score (nSPS) is 10.6. The smallest absolute Gasteiger partial charge is 0.340 e. The van der Waals surface area contributed by atoms with Gasteiger partial charge in [-0.1, -0.05) is 0 Å². The molecule has 0 bridgehead atoms. The maximum absolute atomic E-state index is 12.2. The van der Waals surface area contributed by atoms with Crippen LogP contribution in [0.25, 0.3) is 11.0 Å². The second-order valence-corrected chi connectivity index (χ2v) is 6.06. The number of anilines is 1. The molecule has 0 atom stereocenters. The van der Waals surface area contributed by atoms with Gasteiger partial charge in [-0.25, -0.2) is 9.78 Å². The topological polar surface area (TPSA) is 103 Å². The summed E-state index contributed by atoms with van der Waals surface area (Å²) in [5.41, 5.74) is 2.65. The van der Waals surface area contributed by atoms with Crippen LogP contribution in [0.1, 0.15) is 33.3 Å². The number of aromatic nitrogens is 3. The fourth-order valence-corrected chi connectivity index (χ4v) is 2.66. The number of hydrogen-bond donors (Lipinski definition) is 1. The van der Waals surface area contributed by atoms with Gasteiger partial charge in [0.2, 0.25) is 5.91 Å². The summed E-state index contributed by atoms with van der Waals surface area (Å²) >= 11 is 0. The van der Waals surface area contributed by atoms with Crippen LogP contribution in [-0.2, 0) is 16.6 Å². The van der Waals surface area contributed by atoms with Crippen LogP contribution in [0.15, 0.2) is 36.5 Å². The molecule has 0 fully saturated rings. The first-order chi connectivity index (χ1) is 12.8. The molecule has 1 N–H and O–H groups in total. The van der Waals surface area contributed by atoms with Crippen LogP contribution in [0.4, 0.5) is 5.69 Å². The van der Waals surface area contributed by atoms with E-state index in [0.29, 0.717) is 16.9 Å². The summed E-state index contributed by atoms with van der Waals surface area (Å²) in [6.07, 6.45) is 1.40. The monoisotopic (exact) mass is 366 g/mol. The first-order valence-electron chi connectivity index (χ1n) is 8.22. The summed E-state index contributed by atoms with van der Waals surface area (Å²) in [4.78, 5) is 39.6. The maximum atomic E-state index is 12.2. The van der Waals surface area contributed by atoms with Crippen LogP contribution in [0.3, 0.4) is 0 Å². The van der Waals surface area contributed by atoms with Gasteiger partial charge in [0.15, 0.2) is 18.0 Å². The molecule has 27 heavy (non-hydrogen) atoms. The van der Waals surface area contributed by atoms with Gasteiger partial charge in [0.25, 0.3) is 0 Å². The van der Waals surface area contributed by atoms with Gasteiger partial charge in [0, 0.05) is 36.8 Å². The minimum Gasteiger partial charge on any atom is -0.454 e. The first kappa shape index (κ1) is 18.2. The van der Waals surface area contributed by atoms with E-state index >= 15 is 0 Å². The second kappa shape index (κ2) is 7.36. The molecule has 2 aromatic heterocycles. The third-order valence-electron chi connectivity index (χ3n) is 3.96. The molecule has 2 heterocycles. The molecule has 0 spiro atoms. The lowest BCUT2D eigenvalue weighted by atomic mass is 10.1. The molecule has 3 aromatic rings. The number of esters is 1. The van der Waals surface area contributed by atoms with Gasteiger partial charge in [0.05, 0.1) is 11.3 Å². The maximum Gasteiger partial charge on any atom is 0.340 e. The quantitative estimate of drug-likeness (QED) is 0.549. The largest absolute Gasteiger partial charge is 0.454 e. The number of ketones is 1. The Bertz CT molecular complexity index is 1040. The number of hydrogen-bond acceptors (Lipinski definition) is 6. The first-order valence-corrected chi connectivity index (χ1v) is 8.22. The molecule has 1 aromatic carbocycles. The highest BCUT2D eigenvalue weighted by Gasteiger charge is 2.15. The van der Waals surface area contributed by atoms with E-state index in [9.17, 15) is 14.4 Å². The highest BCUT2D eigenvalue weighted by molar-refractivity contribution is 6.00. The summed E-state index contributed by atoms with van der Waals surface area (Å²) in [6.45, 7) is 2.84. The van der Waals surface area contributed by atoms with E-state index in [1.807, 2.05) is 6.92 Å². The summed E-state index contributed by atoms with van der Waals surface area (Å²) in [5, 5.41) is 7.62. The molecule has 8 heteroatoms. The van der Waals surface area contributed by atoms with Crippen LogP contribution in [-0.4, -0.2) is 39.0 Å². The zero-order chi connectivity index (χ0) is 19.6. The number of aryl methyl sites for hydroxylation is 2. The Balaban J connectivity index is 1.65. The average molecular weight is 366 g/mol. The van der Waals surface area contributed by atoms with Gasteiger partial charge < -0.3 is 10.1 Å². The van der Waals surface area contributed by atoms with Crippen LogP contribution in [0.2, 0.25) is 0 Å².